The molecular formula is C12H18BrN3O. The van der Waals surface area contributed by atoms with Gasteiger partial charge in [-0.15, -0.1) is 0 Å². The Balaban J connectivity index is 1.99. The number of carbonyl (C=O) groups excluding carboxylic acids is 1. The van der Waals surface area contributed by atoms with Crippen LogP contribution in [-0.2, 0) is 7.05 Å². The molecule has 0 spiro atoms. The van der Waals surface area contributed by atoms with Crippen molar-refractivity contribution < 1.29 is 4.79 Å². The molecule has 5 heteroatoms. The van der Waals surface area contributed by atoms with Crippen LogP contribution in [0.15, 0.2) is 16.7 Å². The molecule has 17 heavy (non-hydrogen) atoms. The average Bonchev–Trinajstić information content (AvgIpc) is 2.58. The van der Waals surface area contributed by atoms with Crippen LogP contribution in [0.25, 0.3) is 0 Å². The number of aromatic nitrogens is 1. The Hall–Kier alpha value is -0.810. The van der Waals surface area contributed by atoms with E-state index in [4.69, 9.17) is 0 Å². The van der Waals surface area contributed by atoms with E-state index in [9.17, 15) is 4.79 Å². The van der Waals surface area contributed by atoms with Crippen LogP contribution in [0.1, 0.15) is 23.3 Å². The molecule has 1 N–H and O–H groups in total. The summed E-state index contributed by atoms with van der Waals surface area (Å²) < 4.78 is 2.78. The number of amides is 1. The summed E-state index contributed by atoms with van der Waals surface area (Å²) in [6.45, 7) is 2.07. The third-order valence-corrected chi connectivity index (χ3v) is 3.60. The van der Waals surface area contributed by atoms with Crippen molar-refractivity contribution in [2.45, 2.75) is 18.9 Å². The van der Waals surface area contributed by atoms with Crippen LogP contribution in [-0.4, -0.2) is 41.6 Å². The summed E-state index contributed by atoms with van der Waals surface area (Å²) >= 11 is 3.38. The number of piperidine rings is 1. The number of aryl methyl sites for hydroxylation is 1. The summed E-state index contributed by atoms with van der Waals surface area (Å²) in [7, 11) is 3.98. The van der Waals surface area contributed by atoms with Gasteiger partial charge in [0.2, 0.25) is 0 Å². The van der Waals surface area contributed by atoms with Crippen molar-refractivity contribution in [1.29, 1.82) is 0 Å². The van der Waals surface area contributed by atoms with Gasteiger partial charge in [-0.05, 0) is 48.4 Å². The van der Waals surface area contributed by atoms with E-state index in [0.29, 0.717) is 5.69 Å². The lowest BCUT2D eigenvalue weighted by atomic mass is 10.1. The SMILES string of the molecule is CN1CCCC(NC(=O)c2cc(Br)cn2C)C1. The first-order valence-electron chi connectivity index (χ1n) is 5.87. The normalized spacial score (nSPS) is 21.5. The molecule has 2 heterocycles. The Kier molecular flexibility index (Phi) is 3.89. The molecular weight excluding hydrogens is 282 g/mol. The lowest BCUT2D eigenvalue weighted by molar-refractivity contribution is 0.0904. The average molecular weight is 300 g/mol. The molecule has 2 rings (SSSR count). The molecule has 0 saturated carbocycles. The molecule has 4 nitrogen and oxygen atoms in total. The van der Waals surface area contributed by atoms with Crippen LogP contribution < -0.4 is 5.32 Å². The minimum absolute atomic E-state index is 0.0125. The standard InChI is InChI=1S/C12H18BrN3O/c1-15-5-3-4-10(8-15)14-12(17)11-6-9(13)7-16(11)2/h6-7,10H,3-5,8H2,1-2H3,(H,14,17). The van der Waals surface area contributed by atoms with Crippen LogP contribution >= 0.6 is 15.9 Å². The maximum atomic E-state index is 12.1. The van der Waals surface area contributed by atoms with E-state index in [1.165, 1.54) is 0 Å². The third kappa shape index (κ3) is 3.10. The Morgan fingerprint density at radius 2 is 2.29 bits per heavy atom. The van der Waals surface area contributed by atoms with Crippen molar-refractivity contribution in [3.63, 3.8) is 0 Å². The minimum Gasteiger partial charge on any atom is -0.347 e. The summed E-state index contributed by atoms with van der Waals surface area (Å²) in [6, 6.07) is 2.12. The van der Waals surface area contributed by atoms with E-state index in [0.717, 1.165) is 30.4 Å². The Bertz CT molecular complexity index is 416. The fourth-order valence-electron chi connectivity index (χ4n) is 2.29. The number of hydrogen-bond donors (Lipinski definition) is 1. The van der Waals surface area contributed by atoms with Crippen molar-refractivity contribution in [2.24, 2.45) is 7.05 Å². The first-order chi connectivity index (χ1) is 8.06. The lowest BCUT2D eigenvalue weighted by Gasteiger charge is -2.30. The van der Waals surface area contributed by atoms with Gasteiger partial charge in [0.25, 0.3) is 5.91 Å². The second-order valence-electron chi connectivity index (χ2n) is 4.73. The van der Waals surface area contributed by atoms with E-state index in [2.05, 4.69) is 33.2 Å². The molecule has 94 valence electrons. The number of likely N-dealkylation sites (tertiary alicyclic amines) is 1. The van der Waals surface area contributed by atoms with Crippen LogP contribution in [0, 0.1) is 0 Å². The highest BCUT2D eigenvalue weighted by molar-refractivity contribution is 9.10. The number of halogens is 1. The number of rotatable bonds is 2. The van der Waals surface area contributed by atoms with Crippen LogP contribution in [0.5, 0.6) is 0 Å². The highest BCUT2D eigenvalue weighted by Gasteiger charge is 2.20. The first kappa shape index (κ1) is 12.6. The monoisotopic (exact) mass is 299 g/mol. The van der Waals surface area contributed by atoms with Crippen LogP contribution in [0.4, 0.5) is 0 Å². The van der Waals surface area contributed by atoms with Gasteiger partial charge in [-0.25, -0.2) is 0 Å². The molecule has 1 amide bonds. The van der Waals surface area contributed by atoms with Gasteiger partial charge in [0.05, 0.1) is 0 Å². The number of hydrogen-bond acceptors (Lipinski definition) is 2. The lowest BCUT2D eigenvalue weighted by Crippen LogP contribution is -2.46. The largest absolute Gasteiger partial charge is 0.347 e. The quantitative estimate of drug-likeness (QED) is 0.901. The fourth-order valence-corrected chi connectivity index (χ4v) is 2.82. The van der Waals surface area contributed by atoms with Gasteiger partial charge in [-0.3, -0.25) is 4.79 Å². The zero-order valence-corrected chi connectivity index (χ0v) is 11.8. The van der Waals surface area contributed by atoms with E-state index >= 15 is 0 Å². The van der Waals surface area contributed by atoms with Crippen LogP contribution in [0.2, 0.25) is 0 Å². The summed E-state index contributed by atoms with van der Waals surface area (Å²) in [5, 5.41) is 3.10. The topological polar surface area (TPSA) is 37.3 Å². The van der Waals surface area contributed by atoms with Crippen molar-refractivity contribution in [3.8, 4) is 0 Å². The minimum atomic E-state index is 0.0125. The van der Waals surface area contributed by atoms with E-state index in [-0.39, 0.29) is 11.9 Å². The smallest absolute Gasteiger partial charge is 0.268 e. The molecule has 0 radical (unpaired) electrons. The second-order valence-corrected chi connectivity index (χ2v) is 5.64. The summed E-state index contributed by atoms with van der Waals surface area (Å²) in [4.78, 5) is 14.3. The van der Waals surface area contributed by atoms with Crippen molar-refractivity contribution >= 4 is 21.8 Å². The molecule has 1 aliphatic rings. The Labute approximate surface area is 110 Å². The molecule has 1 saturated heterocycles. The molecule has 1 unspecified atom stereocenters. The zero-order chi connectivity index (χ0) is 12.4. The Morgan fingerprint density at radius 3 is 2.88 bits per heavy atom. The van der Waals surface area contributed by atoms with Gasteiger partial charge in [-0.1, -0.05) is 0 Å². The van der Waals surface area contributed by atoms with E-state index < -0.39 is 0 Å². The van der Waals surface area contributed by atoms with Gasteiger partial charge in [0.1, 0.15) is 5.69 Å². The maximum Gasteiger partial charge on any atom is 0.268 e. The van der Waals surface area contributed by atoms with Crippen molar-refractivity contribution in [2.75, 3.05) is 20.1 Å². The number of nitrogens with one attached hydrogen (secondary N) is 1. The molecule has 0 aliphatic carbocycles. The van der Waals surface area contributed by atoms with Crippen molar-refractivity contribution in [1.82, 2.24) is 14.8 Å². The Morgan fingerprint density at radius 1 is 1.53 bits per heavy atom. The fraction of sp³-hybridized carbons (Fsp3) is 0.583. The van der Waals surface area contributed by atoms with E-state index in [1.807, 2.05) is 23.9 Å². The number of likely N-dealkylation sites (N-methyl/N-ethyl adjacent to an activating group) is 1. The summed E-state index contributed by atoms with van der Waals surface area (Å²) in [5.41, 5.74) is 0.699. The molecule has 1 aromatic rings. The molecule has 1 aliphatic heterocycles. The number of carbonyl (C=O) groups is 1. The molecule has 0 bridgehead atoms. The van der Waals surface area contributed by atoms with Gasteiger partial charge < -0.3 is 14.8 Å². The summed E-state index contributed by atoms with van der Waals surface area (Å²) in [5.74, 6) is 0.0125. The van der Waals surface area contributed by atoms with Crippen molar-refractivity contribution in [3.05, 3.63) is 22.4 Å². The molecule has 1 aromatic heterocycles. The first-order valence-corrected chi connectivity index (χ1v) is 6.67. The molecule has 0 aromatic carbocycles. The van der Waals surface area contributed by atoms with Crippen LogP contribution in [0.3, 0.4) is 0 Å². The number of nitrogens with zero attached hydrogens (tertiary/aromatic N) is 2. The molecule has 1 atom stereocenters. The predicted octanol–water partition coefficient (Wildman–Crippen LogP) is 1.61. The van der Waals surface area contributed by atoms with E-state index in [1.54, 1.807) is 0 Å². The highest BCUT2D eigenvalue weighted by Crippen LogP contribution is 2.14. The predicted molar refractivity (Wildman–Crippen MR) is 71.1 cm³/mol. The second kappa shape index (κ2) is 5.23. The third-order valence-electron chi connectivity index (χ3n) is 3.16. The maximum absolute atomic E-state index is 12.1. The van der Waals surface area contributed by atoms with Gasteiger partial charge in [0, 0.05) is 30.3 Å². The highest BCUT2D eigenvalue weighted by atomic mass is 79.9. The summed E-state index contributed by atoms with van der Waals surface area (Å²) in [6.07, 6.45) is 4.11. The molecule has 1 fully saturated rings. The van der Waals surface area contributed by atoms with Gasteiger partial charge in [-0.2, -0.15) is 0 Å². The van der Waals surface area contributed by atoms with Gasteiger partial charge in [0.15, 0.2) is 0 Å². The zero-order valence-electron chi connectivity index (χ0n) is 10.2. The van der Waals surface area contributed by atoms with Gasteiger partial charge >= 0.3 is 0 Å².